The number of benzene rings is 2. The van der Waals surface area contributed by atoms with Gasteiger partial charge in [-0.25, -0.2) is 10.9 Å². The van der Waals surface area contributed by atoms with Gasteiger partial charge in [-0.3, -0.25) is 20.2 Å². The highest BCUT2D eigenvalue weighted by atomic mass is 35.5. The summed E-state index contributed by atoms with van der Waals surface area (Å²) in [4.78, 5) is 9.55. The first-order chi connectivity index (χ1) is 16.8. The predicted octanol–water partition coefficient (Wildman–Crippen LogP) is 6.47. The molecule has 2 aromatic carbocycles. The van der Waals surface area contributed by atoms with Crippen LogP contribution in [0.15, 0.2) is 48.5 Å². The number of nitrogens with zero attached hydrogens (tertiary/aromatic N) is 2. The fourth-order valence-electron chi connectivity index (χ4n) is 5.00. The molecule has 6 nitrogen and oxygen atoms in total. The third-order valence-corrected chi connectivity index (χ3v) is 7.40. The molecule has 0 bridgehead atoms. The summed E-state index contributed by atoms with van der Waals surface area (Å²) in [5, 5.41) is 7.84. The summed E-state index contributed by atoms with van der Waals surface area (Å²) in [7, 11) is 0. The number of halogens is 2. The number of hydrogen-bond donors (Lipinski definition) is 4. The van der Waals surface area contributed by atoms with Crippen LogP contribution < -0.4 is 10.9 Å². The highest BCUT2D eigenvalue weighted by Crippen LogP contribution is 2.51. The molecule has 4 heterocycles. The molecule has 0 unspecified atom stereocenters. The first-order valence-electron chi connectivity index (χ1n) is 11.4. The zero-order valence-electron chi connectivity index (χ0n) is 19.8. The van der Waals surface area contributed by atoms with E-state index < -0.39 is 5.66 Å². The average Bonchev–Trinajstić information content (AvgIpc) is 3.58. The van der Waals surface area contributed by atoms with Gasteiger partial charge < -0.3 is 0 Å². The molecule has 0 atom stereocenters. The maximum absolute atomic E-state index is 7.14. The van der Waals surface area contributed by atoms with Crippen molar-refractivity contribution in [2.75, 3.05) is 0 Å². The van der Waals surface area contributed by atoms with Crippen LogP contribution >= 0.6 is 23.2 Å². The number of aryl methyl sites for hydroxylation is 4. The number of hydrogen-bond acceptors (Lipinski definition) is 4. The maximum atomic E-state index is 7.14. The molecular weight excluding hydrogens is 479 g/mol. The van der Waals surface area contributed by atoms with Crippen LogP contribution in [0.3, 0.4) is 0 Å². The Kier molecular flexibility index (Phi) is 5.06. The summed E-state index contributed by atoms with van der Waals surface area (Å²) < 4.78 is 0. The van der Waals surface area contributed by atoms with Gasteiger partial charge in [0, 0.05) is 55.6 Å². The van der Waals surface area contributed by atoms with Crippen LogP contribution in [-0.2, 0) is 5.66 Å². The van der Waals surface area contributed by atoms with Crippen molar-refractivity contribution < 1.29 is 0 Å². The summed E-state index contributed by atoms with van der Waals surface area (Å²) in [6.45, 7) is 8.06. The second-order valence-electron chi connectivity index (χ2n) is 9.12. The molecule has 0 radical (unpaired) electrons. The van der Waals surface area contributed by atoms with Crippen molar-refractivity contribution in [1.29, 1.82) is 0 Å². The van der Waals surface area contributed by atoms with E-state index in [9.17, 15) is 0 Å². The van der Waals surface area contributed by atoms with Crippen molar-refractivity contribution >= 4 is 34.2 Å². The minimum atomic E-state index is -0.623. The summed E-state index contributed by atoms with van der Waals surface area (Å²) >= 11 is 13.4. The number of fused-ring (bicyclic) bond motifs is 1. The number of rotatable bonds is 4. The van der Waals surface area contributed by atoms with Gasteiger partial charge in [0.1, 0.15) is 5.66 Å². The van der Waals surface area contributed by atoms with Gasteiger partial charge in [-0.15, -0.1) is 0 Å². The zero-order valence-corrected chi connectivity index (χ0v) is 21.3. The fraction of sp³-hybridized carbons (Fsp3) is 0.185. The first-order valence-corrected chi connectivity index (χ1v) is 12.2. The van der Waals surface area contributed by atoms with E-state index in [1.165, 1.54) is 0 Å². The summed E-state index contributed by atoms with van der Waals surface area (Å²) in [5.74, 6) is 0. The lowest BCUT2D eigenvalue weighted by molar-refractivity contribution is 0.795. The van der Waals surface area contributed by atoms with Crippen LogP contribution in [0.4, 0.5) is 0 Å². The van der Waals surface area contributed by atoms with E-state index in [1.807, 2.05) is 64.1 Å². The van der Waals surface area contributed by atoms with E-state index >= 15 is 0 Å². The first kappa shape index (κ1) is 22.3. The highest BCUT2D eigenvalue weighted by Gasteiger charge is 2.50. The minimum absolute atomic E-state index is 0.623. The number of nitrogens with one attached hydrogen (secondary N) is 4. The van der Waals surface area contributed by atoms with Crippen molar-refractivity contribution in [1.82, 2.24) is 31.0 Å². The Balaban J connectivity index is 1.76. The molecule has 5 aromatic rings. The minimum Gasteiger partial charge on any atom is -0.298 e. The summed E-state index contributed by atoms with van der Waals surface area (Å²) in [5.41, 5.74) is 17.8. The largest absolute Gasteiger partial charge is 0.298 e. The van der Waals surface area contributed by atoms with Crippen LogP contribution in [0.25, 0.3) is 33.3 Å². The molecule has 6 rings (SSSR count). The van der Waals surface area contributed by atoms with E-state index in [-0.39, 0.29) is 0 Å². The molecule has 1 aliphatic rings. The van der Waals surface area contributed by atoms with Gasteiger partial charge in [0.05, 0.1) is 16.1 Å². The number of H-pyrrole nitrogens is 2. The van der Waals surface area contributed by atoms with E-state index in [0.717, 1.165) is 67.2 Å². The standard InChI is InChI=1S/C27H24Cl2N6/c1-13-5-11-19(15(3)30-13)21-22(20-12-6-14(2)31-16(20)4)24(29)26-25(32-33-26)23(21)27(34-35-27)17-7-9-18(28)10-8-17/h5-12,32-35H,1-4H3. The lowest BCUT2D eigenvalue weighted by atomic mass is 9.82. The Labute approximate surface area is 213 Å². The summed E-state index contributed by atoms with van der Waals surface area (Å²) in [6, 6.07) is 16.2. The van der Waals surface area contributed by atoms with E-state index in [2.05, 4.69) is 33.2 Å². The quantitative estimate of drug-likeness (QED) is 0.211. The Morgan fingerprint density at radius 2 is 1.20 bits per heavy atom. The van der Waals surface area contributed by atoms with E-state index in [4.69, 9.17) is 33.2 Å². The third kappa shape index (κ3) is 3.40. The van der Waals surface area contributed by atoms with Gasteiger partial charge in [-0.1, -0.05) is 47.5 Å². The Bertz CT molecular complexity index is 1610. The molecule has 35 heavy (non-hydrogen) atoms. The Morgan fingerprint density at radius 1 is 0.657 bits per heavy atom. The molecule has 0 amide bonds. The second-order valence-corrected chi connectivity index (χ2v) is 9.93. The van der Waals surface area contributed by atoms with Crippen LogP contribution in [-0.4, -0.2) is 20.2 Å². The molecule has 3 aromatic heterocycles. The molecule has 0 aliphatic carbocycles. The lowest BCUT2D eigenvalue weighted by Crippen LogP contribution is -2.21. The van der Waals surface area contributed by atoms with Crippen LogP contribution in [0.1, 0.15) is 33.9 Å². The monoisotopic (exact) mass is 502 g/mol. The smallest absolute Gasteiger partial charge is 0.149 e. The van der Waals surface area contributed by atoms with Gasteiger partial charge in [-0.2, -0.15) is 0 Å². The van der Waals surface area contributed by atoms with E-state index in [1.54, 1.807) is 0 Å². The summed E-state index contributed by atoms with van der Waals surface area (Å²) in [6.07, 6.45) is 0. The molecule has 8 heteroatoms. The average molecular weight is 503 g/mol. The van der Waals surface area contributed by atoms with Gasteiger partial charge >= 0.3 is 0 Å². The normalized spacial score (nSPS) is 14.6. The number of aromatic nitrogens is 4. The zero-order chi connectivity index (χ0) is 24.5. The molecule has 1 aliphatic heterocycles. The molecule has 0 spiro atoms. The topological polar surface area (TPSA) is 101 Å². The van der Waals surface area contributed by atoms with Crippen molar-refractivity contribution in [3.05, 3.63) is 92.5 Å². The van der Waals surface area contributed by atoms with Crippen LogP contribution in [0, 0.1) is 27.7 Å². The van der Waals surface area contributed by atoms with E-state index in [0.29, 0.717) is 10.0 Å². The lowest BCUT2D eigenvalue weighted by Gasteiger charge is -2.27. The van der Waals surface area contributed by atoms with Gasteiger partial charge in [0.15, 0.2) is 0 Å². The van der Waals surface area contributed by atoms with Crippen molar-refractivity contribution in [3.63, 3.8) is 0 Å². The van der Waals surface area contributed by atoms with Crippen LogP contribution in [0.5, 0.6) is 0 Å². The molecule has 1 fully saturated rings. The maximum Gasteiger partial charge on any atom is 0.149 e. The molecule has 4 N–H and O–H groups in total. The number of aromatic amines is 2. The predicted molar refractivity (Wildman–Crippen MR) is 142 cm³/mol. The third-order valence-electron chi connectivity index (χ3n) is 6.77. The molecule has 176 valence electrons. The second kappa shape index (κ2) is 7.93. The van der Waals surface area contributed by atoms with Crippen molar-refractivity contribution in [2.24, 2.45) is 0 Å². The van der Waals surface area contributed by atoms with Crippen molar-refractivity contribution in [3.8, 4) is 22.3 Å². The Morgan fingerprint density at radius 3 is 1.69 bits per heavy atom. The SMILES string of the molecule is Cc1ccc(-c2c(-c3ccc(C)nc3C)c(C3(c4ccc(Cl)cc4)NN3)c3[nH][nH]c3c2Cl)c(C)n1. The Hall–Kier alpha value is -3.16. The highest BCUT2D eigenvalue weighted by molar-refractivity contribution is 6.39. The van der Waals surface area contributed by atoms with Gasteiger partial charge in [-0.05, 0) is 57.5 Å². The molecular formula is C27H24Cl2N6. The number of pyridine rings is 2. The van der Waals surface area contributed by atoms with Crippen LogP contribution in [0.2, 0.25) is 10.0 Å². The van der Waals surface area contributed by atoms with Crippen molar-refractivity contribution in [2.45, 2.75) is 33.4 Å². The number of hydrazine groups is 1. The molecule has 0 saturated carbocycles. The molecule has 1 saturated heterocycles. The fourth-order valence-corrected chi connectivity index (χ4v) is 5.46. The van der Waals surface area contributed by atoms with Gasteiger partial charge in [0.2, 0.25) is 0 Å². The van der Waals surface area contributed by atoms with Gasteiger partial charge in [0.25, 0.3) is 0 Å².